The van der Waals surface area contributed by atoms with Crippen LogP contribution in [0.2, 0.25) is 0 Å². The molecule has 0 saturated carbocycles. The molecule has 0 aromatic heterocycles. The maximum atomic E-state index is 11.6. The van der Waals surface area contributed by atoms with Gasteiger partial charge in [-0.25, -0.2) is 0 Å². The van der Waals surface area contributed by atoms with Gasteiger partial charge in [0.1, 0.15) is 5.60 Å². The summed E-state index contributed by atoms with van der Waals surface area (Å²) in [4.78, 5) is 11.6. The topological polar surface area (TPSA) is 26.3 Å². The van der Waals surface area contributed by atoms with Gasteiger partial charge in [0.15, 0.2) is 0 Å². The molecular formula is C14H22BO2P. The van der Waals surface area contributed by atoms with E-state index in [9.17, 15) is 4.79 Å². The van der Waals surface area contributed by atoms with Crippen LogP contribution in [0, 0.1) is 0 Å². The third-order valence-electron chi connectivity index (χ3n) is 1.82. The van der Waals surface area contributed by atoms with E-state index in [2.05, 4.69) is 13.3 Å². The molecule has 2 nitrogen and oxygen atoms in total. The summed E-state index contributed by atoms with van der Waals surface area (Å²) in [5, 5.41) is 0. The maximum Gasteiger partial charge on any atom is 0.304 e. The van der Waals surface area contributed by atoms with Gasteiger partial charge in [0.2, 0.25) is 0 Å². The molecule has 0 saturated heterocycles. The minimum absolute atomic E-state index is 0.395. The van der Waals surface area contributed by atoms with E-state index in [1.165, 1.54) is 0 Å². The van der Waals surface area contributed by atoms with Crippen molar-refractivity contribution in [2.75, 3.05) is 13.3 Å². The highest BCUT2D eigenvalue weighted by Gasteiger charge is 2.22. The molecule has 0 fully saturated rings. The van der Waals surface area contributed by atoms with E-state index in [4.69, 9.17) is 12.6 Å². The van der Waals surface area contributed by atoms with Crippen LogP contribution in [-0.2, 0) is 9.53 Å². The van der Waals surface area contributed by atoms with Gasteiger partial charge in [0, 0.05) is 5.82 Å². The lowest BCUT2D eigenvalue weighted by atomic mass is 9.81. The molecule has 4 heteroatoms. The van der Waals surface area contributed by atoms with Crippen molar-refractivity contribution in [2.24, 2.45) is 0 Å². The maximum absolute atomic E-state index is 11.6. The van der Waals surface area contributed by atoms with Crippen LogP contribution in [0.3, 0.4) is 0 Å². The Morgan fingerprint density at radius 3 is 2.06 bits per heavy atom. The van der Waals surface area contributed by atoms with Crippen molar-refractivity contribution in [3.63, 3.8) is 0 Å². The monoisotopic (exact) mass is 264 g/mol. The summed E-state index contributed by atoms with van der Waals surface area (Å²) in [6, 6.07) is 9.20. The van der Waals surface area contributed by atoms with Crippen LogP contribution in [0.25, 0.3) is 0 Å². The molecule has 1 unspecified atom stereocenters. The van der Waals surface area contributed by atoms with E-state index in [0.717, 1.165) is 14.1 Å². The minimum atomic E-state index is -0.703. The van der Waals surface area contributed by atoms with Gasteiger partial charge in [0.25, 0.3) is 0 Å². The van der Waals surface area contributed by atoms with E-state index in [1.807, 2.05) is 51.1 Å². The molecule has 0 N–H and O–H groups in total. The normalized spacial score (nSPS) is 12.1. The summed E-state index contributed by atoms with van der Waals surface area (Å²) in [6.07, 6.45) is 0. The first-order valence-electron chi connectivity index (χ1n) is 5.93. The molecule has 1 rings (SSSR count). The van der Waals surface area contributed by atoms with Crippen molar-refractivity contribution in [3.8, 4) is 0 Å². The van der Waals surface area contributed by atoms with Crippen molar-refractivity contribution in [1.29, 1.82) is 0 Å². The minimum Gasteiger partial charge on any atom is -0.460 e. The summed E-state index contributed by atoms with van der Waals surface area (Å²) in [7, 11) is 6.85. The summed E-state index contributed by atoms with van der Waals surface area (Å²) in [5.41, 5.74) is 0.274. The lowest BCUT2D eigenvalue weighted by Crippen LogP contribution is -2.27. The molecule has 2 radical (unpaired) electrons. The molecule has 1 aromatic rings. The number of benzene rings is 1. The van der Waals surface area contributed by atoms with Gasteiger partial charge in [0.05, 0.1) is 7.85 Å². The third kappa shape index (κ3) is 7.50. The summed E-state index contributed by atoms with van der Waals surface area (Å²) >= 11 is 0. The molecule has 1 aromatic carbocycles. The molecule has 0 bridgehead atoms. The standard InChI is InChI=1S/C12H15BO2.C2H7P/c1-12(2,3)15-11(14)10(13)9-7-5-4-6-8-9;1-3-2/h4-8,10H,1-3H3;3H,1-2H3. The Hall–Kier alpha value is -0.815. The van der Waals surface area contributed by atoms with Gasteiger partial charge in [-0.1, -0.05) is 30.3 Å². The molecule has 18 heavy (non-hydrogen) atoms. The lowest BCUT2D eigenvalue weighted by molar-refractivity contribution is -0.154. The summed E-state index contributed by atoms with van der Waals surface area (Å²) in [6.45, 7) is 9.77. The zero-order chi connectivity index (χ0) is 14.2. The van der Waals surface area contributed by atoms with Crippen molar-refractivity contribution in [1.82, 2.24) is 0 Å². The SMILES string of the molecule is CPC.[B]C(C(=O)OC(C)(C)C)c1ccccc1. The van der Waals surface area contributed by atoms with Crippen LogP contribution in [0.15, 0.2) is 30.3 Å². The highest BCUT2D eigenvalue weighted by atomic mass is 31.1. The zero-order valence-electron chi connectivity index (χ0n) is 11.9. The number of rotatable bonds is 2. The first-order chi connectivity index (χ1) is 8.31. The summed E-state index contributed by atoms with van der Waals surface area (Å²) in [5.74, 6) is -1.10. The first-order valence-corrected chi connectivity index (χ1v) is 7.93. The number of esters is 1. The second-order valence-corrected chi connectivity index (χ2v) is 5.92. The average molecular weight is 264 g/mol. The lowest BCUT2D eigenvalue weighted by Gasteiger charge is -2.22. The van der Waals surface area contributed by atoms with E-state index in [-0.39, 0.29) is 0 Å². The van der Waals surface area contributed by atoms with Crippen LogP contribution >= 0.6 is 8.58 Å². The van der Waals surface area contributed by atoms with E-state index in [1.54, 1.807) is 0 Å². The smallest absolute Gasteiger partial charge is 0.304 e. The van der Waals surface area contributed by atoms with Crippen LogP contribution < -0.4 is 0 Å². The molecule has 0 spiro atoms. The largest absolute Gasteiger partial charge is 0.460 e. The zero-order valence-corrected chi connectivity index (χ0v) is 12.9. The van der Waals surface area contributed by atoms with E-state index >= 15 is 0 Å². The summed E-state index contributed by atoms with van der Waals surface area (Å²) < 4.78 is 5.19. The van der Waals surface area contributed by atoms with Crippen molar-refractivity contribution >= 4 is 22.4 Å². The Morgan fingerprint density at radius 2 is 1.67 bits per heavy atom. The van der Waals surface area contributed by atoms with Gasteiger partial charge < -0.3 is 4.74 Å². The van der Waals surface area contributed by atoms with Gasteiger partial charge in [-0.2, -0.15) is 0 Å². The molecule has 0 aliphatic heterocycles. The number of carbonyl (C=O) groups is 1. The molecular weight excluding hydrogens is 242 g/mol. The van der Waals surface area contributed by atoms with Crippen LogP contribution in [-0.4, -0.2) is 32.7 Å². The van der Waals surface area contributed by atoms with Gasteiger partial charge >= 0.3 is 5.97 Å². The molecule has 0 aliphatic carbocycles. The van der Waals surface area contributed by atoms with E-state index in [0.29, 0.717) is 0 Å². The molecule has 1 atom stereocenters. The Bertz CT molecular complexity index is 347. The van der Waals surface area contributed by atoms with Crippen molar-refractivity contribution in [3.05, 3.63) is 35.9 Å². The number of hydrogen-bond acceptors (Lipinski definition) is 2. The van der Waals surface area contributed by atoms with Gasteiger partial charge in [-0.3, -0.25) is 4.79 Å². The Balaban J connectivity index is 0.000000873. The third-order valence-corrected chi connectivity index (χ3v) is 1.82. The Labute approximate surface area is 114 Å². The quantitative estimate of drug-likeness (QED) is 0.466. The van der Waals surface area contributed by atoms with Crippen molar-refractivity contribution in [2.45, 2.75) is 32.2 Å². The first kappa shape index (κ1) is 17.2. The number of ether oxygens (including phenoxy) is 1. The Morgan fingerprint density at radius 1 is 1.22 bits per heavy atom. The number of hydrogen-bond donors (Lipinski definition) is 0. The predicted molar refractivity (Wildman–Crippen MR) is 80.9 cm³/mol. The van der Waals surface area contributed by atoms with Crippen LogP contribution in [0.1, 0.15) is 32.2 Å². The second kappa shape index (κ2) is 8.32. The molecule has 0 aliphatic rings. The predicted octanol–water partition coefficient (Wildman–Crippen LogP) is 3.16. The van der Waals surface area contributed by atoms with Crippen LogP contribution in [0.5, 0.6) is 0 Å². The molecule has 0 heterocycles. The van der Waals surface area contributed by atoms with Crippen LogP contribution in [0.4, 0.5) is 0 Å². The fourth-order valence-electron chi connectivity index (χ4n) is 1.16. The van der Waals surface area contributed by atoms with Gasteiger partial charge in [-0.15, -0.1) is 8.58 Å². The fourth-order valence-corrected chi connectivity index (χ4v) is 1.16. The highest BCUT2D eigenvalue weighted by Crippen LogP contribution is 2.17. The van der Waals surface area contributed by atoms with Crippen molar-refractivity contribution < 1.29 is 9.53 Å². The molecule has 0 amide bonds. The second-order valence-electron chi connectivity index (χ2n) is 4.92. The Kier molecular flexibility index (Phi) is 7.94. The average Bonchev–Trinajstić information content (AvgIpc) is 2.28. The highest BCUT2D eigenvalue weighted by molar-refractivity contribution is 7.35. The van der Waals surface area contributed by atoms with E-state index < -0.39 is 17.4 Å². The van der Waals surface area contributed by atoms with Gasteiger partial charge in [-0.05, 0) is 39.7 Å². The molecule has 98 valence electrons. The number of carbonyl (C=O) groups excluding carboxylic acids is 1. The fraction of sp³-hybridized carbons (Fsp3) is 0.500.